The minimum absolute atomic E-state index is 0.125. The average Bonchev–Trinajstić information content (AvgIpc) is 2.83. The fourth-order valence-corrected chi connectivity index (χ4v) is 2.52. The maximum absolute atomic E-state index is 13.0. The Balaban J connectivity index is 2.08. The molecule has 3 nitrogen and oxygen atoms in total. The molecule has 1 aromatic heterocycles. The number of halogens is 1. The topological polar surface area (TPSA) is 58.9 Å². The maximum Gasteiger partial charge on any atom is 0.196 e. The molecule has 0 unspecified atom stereocenters. The normalized spacial score (nSPS) is 10.6. The van der Waals surface area contributed by atoms with Gasteiger partial charge in [-0.15, -0.1) is 0 Å². The molecule has 110 valence electrons. The third-order valence-electron chi connectivity index (χ3n) is 3.62. The van der Waals surface area contributed by atoms with Gasteiger partial charge in [0, 0.05) is 16.8 Å². The number of ketones is 1. The van der Waals surface area contributed by atoms with Crippen LogP contribution in [0.4, 0.5) is 10.1 Å². The highest BCUT2D eigenvalue weighted by atomic mass is 19.1. The Hall–Kier alpha value is -2.88. The number of hydrogen-bond acceptors (Lipinski definition) is 2. The third-order valence-corrected chi connectivity index (χ3v) is 3.62. The fraction of sp³-hybridized carbons (Fsp3) is 0.0556. The van der Waals surface area contributed by atoms with E-state index in [9.17, 15) is 9.18 Å². The Morgan fingerprint density at radius 3 is 2.32 bits per heavy atom. The van der Waals surface area contributed by atoms with Gasteiger partial charge in [-0.1, -0.05) is 30.3 Å². The summed E-state index contributed by atoms with van der Waals surface area (Å²) in [6, 6.07) is 15.0. The van der Waals surface area contributed by atoms with Gasteiger partial charge in [0.1, 0.15) is 5.82 Å². The van der Waals surface area contributed by atoms with Crippen LogP contribution in [0.3, 0.4) is 0 Å². The molecule has 0 amide bonds. The summed E-state index contributed by atoms with van der Waals surface area (Å²) in [7, 11) is 0. The van der Waals surface area contributed by atoms with Gasteiger partial charge in [0.2, 0.25) is 0 Å². The minimum atomic E-state index is -0.314. The third kappa shape index (κ3) is 2.39. The van der Waals surface area contributed by atoms with E-state index >= 15 is 0 Å². The van der Waals surface area contributed by atoms with Crippen LogP contribution in [0, 0.1) is 12.7 Å². The van der Waals surface area contributed by atoms with Gasteiger partial charge in [0.15, 0.2) is 5.78 Å². The lowest BCUT2D eigenvalue weighted by molar-refractivity contribution is 0.103. The highest BCUT2D eigenvalue weighted by molar-refractivity contribution is 6.14. The van der Waals surface area contributed by atoms with Crippen LogP contribution < -0.4 is 5.73 Å². The molecule has 3 N–H and O–H groups in total. The van der Waals surface area contributed by atoms with Crippen LogP contribution in [0.25, 0.3) is 11.3 Å². The number of rotatable bonds is 3. The first-order valence-electron chi connectivity index (χ1n) is 6.91. The van der Waals surface area contributed by atoms with Crippen molar-refractivity contribution in [3.63, 3.8) is 0 Å². The predicted octanol–water partition coefficient (Wildman–Crippen LogP) is 3.94. The Morgan fingerprint density at radius 2 is 1.68 bits per heavy atom. The highest BCUT2D eigenvalue weighted by Crippen LogP contribution is 2.32. The number of benzene rings is 2. The largest absolute Gasteiger partial charge is 0.396 e. The molecule has 1 heterocycles. The molecule has 3 aromatic rings. The number of nitrogens with one attached hydrogen (secondary N) is 1. The molecule has 0 aliphatic heterocycles. The molecule has 0 aliphatic carbocycles. The Bertz CT molecular complexity index is 820. The van der Waals surface area contributed by atoms with Crippen molar-refractivity contribution in [3.05, 3.63) is 77.2 Å². The van der Waals surface area contributed by atoms with Crippen LogP contribution in [0.2, 0.25) is 0 Å². The first-order chi connectivity index (χ1) is 10.6. The van der Waals surface area contributed by atoms with E-state index in [1.165, 1.54) is 12.1 Å². The number of H-pyrrole nitrogens is 1. The Kier molecular flexibility index (Phi) is 3.51. The van der Waals surface area contributed by atoms with Crippen LogP contribution in [-0.2, 0) is 0 Å². The van der Waals surface area contributed by atoms with Crippen LogP contribution >= 0.6 is 0 Å². The zero-order valence-electron chi connectivity index (χ0n) is 12.1. The summed E-state index contributed by atoms with van der Waals surface area (Å²) in [5.74, 6) is -0.439. The molecule has 22 heavy (non-hydrogen) atoms. The van der Waals surface area contributed by atoms with Crippen molar-refractivity contribution in [3.8, 4) is 11.3 Å². The van der Waals surface area contributed by atoms with Gasteiger partial charge in [-0.3, -0.25) is 4.79 Å². The van der Waals surface area contributed by atoms with E-state index < -0.39 is 0 Å². The van der Waals surface area contributed by atoms with Gasteiger partial charge in [0.05, 0.1) is 16.9 Å². The van der Waals surface area contributed by atoms with Crippen molar-refractivity contribution in [2.75, 3.05) is 5.73 Å². The van der Waals surface area contributed by atoms with Crippen LogP contribution in [0.5, 0.6) is 0 Å². The molecule has 4 heteroatoms. The number of aromatic amines is 1. The molecule has 0 fully saturated rings. The van der Waals surface area contributed by atoms with Crippen molar-refractivity contribution in [2.45, 2.75) is 6.92 Å². The van der Waals surface area contributed by atoms with Gasteiger partial charge >= 0.3 is 0 Å². The van der Waals surface area contributed by atoms with Gasteiger partial charge in [-0.25, -0.2) is 4.39 Å². The second-order valence-corrected chi connectivity index (χ2v) is 5.12. The molecule has 0 saturated carbocycles. The van der Waals surface area contributed by atoms with Gasteiger partial charge < -0.3 is 10.7 Å². The number of carbonyl (C=O) groups excluding carboxylic acids is 1. The summed E-state index contributed by atoms with van der Waals surface area (Å²) in [6.45, 7) is 1.81. The summed E-state index contributed by atoms with van der Waals surface area (Å²) in [4.78, 5) is 15.8. The van der Waals surface area contributed by atoms with Gasteiger partial charge in [-0.2, -0.15) is 0 Å². The van der Waals surface area contributed by atoms with Crippen LogP contribution in [0.15, 0.2) is 54.6 Å². The summed E-state index contributed by atoms with van der Waals surface area (Å²) >= 11 is 0. The molecule has 0 bridgehead atoms. The predicted molar refractivity (Wildman–Crippen MR) is 85.2 cm³/mol. The van der Waals surface area contributed by atoms with Gasteiger partial charge in [-0.05, 0) is 31.2 Å². The molecule has 0 radical (unpaired) electrons. The SMILES string of the molecule is Cc1[nH]c(-c2ccc(F)cc2)c(N)c1C(=O)c1ccccc1. The van der Waals surface area contributed by atoms with E-state index in [0.29, 0.717) is 28.2 Å². The monoisotopic (exact) mass is 294 g/mol. The summed E-state index contributed by atoms with van der Waals surface area (Å²) < 4.78 is 13.0. The molecule has 2 aromatic carbocycles. The summed E-state index contributed by atoms with van der Waals surface area (Å²) in [5.41, 5.74) is 9.68. The molecule has 0 spiro atoms. The molecule has 0 atom stereocenters. The van der Waals surface area contributed by atoms with E-state index in [1.54, 1.807) is 31.2 Å². The molecular formula is C18H15FN2O. The maximum atomic E-state index is 13.0. The number of aryl methyl sites for hydroxylation is 1. The second kappa shape index (κ2) is 5.48. The van der Waals surface area contributed by atoms with E-state index in [-0.39, 0.29) is 11.6 Å². The first-order valence-corrected chi connectivity index (χ1v) is 6.91. The lowest BCUT2D eigenvalue weighted by Gasteiger charge is -2.03. The highest BCUT2D eigenvalue weighted by Gasteiger charge is 2.20. The molecule has 3 rings (SSSR count). The van der Waals surface area contributed by atoms with Crippen molar-refractivity contribution in [1.82, 2.24) is 4.98 Å². The van der Waals surface area contributed by atoms with E-state index in [4.69, 9.17) is 5.73 Å². The van der Waals surface area contributed by atoms with E-state index in [0.717, 1.165) is 5.56 Å². The van der Waals surface area contributed by atoms with Crippen molar-refractivity contribution >= 4 is 11.5 Å². The second-order valence-electron chi connectivity index (χ2n) is 5.12. The summed E-state index contributed by atoms with van der Waals surface area (Å²) in [5, 5.41) is 0. The van der Waals surface area contributed by atoms with Crippen molar-refractivity contribution in [2.24, 2.45) is 0 Å². The fourth-order valence-electron chi connectivity index (χ4n) is 2.52. The first kappa shape index (κ1) is 14.1. The lowest BCUT2D eigenvalue weighted by Crippen LogP contribution is -2.05. The Morgan fingerprint density at radius 1 is 1.05 bits per heavy atom. The van der Waals surface area contributed by atoms with Crippen LogP contribution in [-0.4, -0.2) is 10.8 Å². The quantitative estimate of drug-likeness (QED) is 0.719. The zero-order chi connectivity index (χ0) is 15.7. The number of aromatic nitrogens is 1. The number of nitrogens with two attached hydrogens (primary N) is 1. The zero-order valence-corrected chi connectivity index (χ0v) is 12.1. The lowest BCUT2D eigenvalue weighted by atomic mass is 10.0. The molecule has 0 aliphatic rings. The van der Waals surface area contributed by atoms with Crippen molar-refractivity contribution in [1.29, 1.82) is 0 Å². The smallest absolute Gasteiger partial charge is 0.196 e. The van der Waals surface area contributed by atoms with E-state index in [2.05, 4.69) is 4.98 Å². The summed E-state index contributed by atoms with van der Waals surface area (Å²) in [6.07, 6.45) is 0. The number of hydrogen-bond donors (Lipinski definition) is 2. The minimum Gasteiger partial charge on any atom is -0.396 e. The number of nitrogen functional groups attached to an aromatic ring is 1. The van der Waals surface area contributed by atoms with Gasteiger partial charge in [0.25, 0.3) is 0 Å². The molecule has 0 saturated heterocycles. The van der Waals surface area contributed by atoms with Crippen molar-refractivity contribution < 1.29 is 9.18 Å². The van der Waals surface area contributed by atoms with Crippen LogP contribution in [0.1, 0.15) is 21.6 Å². The average molecular weight is 294 g/mol. The molecular weight excluding hydrogens is 279 g/mol. The van der Waals surface area contributed by atoms with E-state index in [1.807, 2.05) is 18.2 Å². The Labute approximate surface area is 127 Å². The number of anilines is 1. The number of carbonyl (C=O) groups is 1. The standard InChI is InChI=1S/C18H15FN2O/c1-11-15(18(22)13-5-3-2-4-6-13)16(20)17(21-11)12-7-9-14(19)10-8-12/h2-10,21H,20H2,1H3.